The number of aryl methyl sites for hydroxylation is 1. The van der Waals surface area contributed by atoms with E-state index >= 15 is 0 Å². The van der Waals surface area contributed by atoms with Crippen molar-refractivity contribution < 1.29 is 14.9 Å². The summed E-state index contributed by atoms with van der Waals surface area (Å²) in [7, 11) is 1.44. The molecule has 0 spiro atoms. The Labute approximate surface area is 64.9 Å². The van der Waals surface area contributed by atoms with E-state index in [0.29, 0.717) is 5.75 Å². The topological polar surface area (TPSA) is 49.7 Å². The average Bonchev–Trinajstić information content (AvgIpc) is 1.96. The Morgan fingerprint density at radius 1 is 1.27 bits per heavy atom. The third-order valence-electron chi connectivity index (χ3n) is 1.42. The van der Waals surface area contributed by atoms with Crippen molar-refractivity contribution in [3.8, 4) is 17.2 Å². The van der Waals surface area contributed by atoms with Gasteiger partial charge in [-0.1, -0.05) is 0 Å². The van der Waals surface area contributed by atoms with Gasteiger partial charge in [0.25, 0.3) is 0 Å². The van der Waals surface area contributed by atoms with Crippen LogP contribution >= 0.6 is 0 Å². The van der Waals surface area contributed by atoms with Gasteiger partial charge in [0.05, 0.1) is 7.11 Å². The SMILES string of the molecule is COc1cc(C)cc(O)c1O. The largest absolute Gasteiger partial charge is 0.504 e. The highest BCUT2D eigenvalue weighted by Crippen LogP contribution is 2.35. The second-order valence-electron chi connectivity index (χ2n) is 2.33. The zero-order chi connectivity index (χ0) is 8.43. The van der Waals surface area contributed by atoms with Crippen molar-refractivity contribution in [2.75, 3.05) is 7.11 Å². The number of hydrogen-bond acceptors (Lipinski definition) is 3. The van der Waals surface area contributed by atoms with Gasteiger partial charge in [0, 0.05) is 0 Å². The van der Waals surface area contributed by atoms with E-state index in [1.807, 2.05) is 6.92 Å². The third-order valence-corrected chi connectivity index (χ3v) is 1.42. The first-order valence-electron chi connectivity index (χ1n) is 3.21. The van der Waals surface area contributed by atoms with Crippen LogP contribution in [0.3, 0.4) is 0 Å². The van der Waals surface area contributed by atoms with Gasteiger partial charge in [-0.15, -0.1) is 0 Å². The van der Waals surface area contributed by atoms with Crippen molar-refractivity contribution in [2.45, 2.75) is 6.92 Å². The van der Waals surface area contributed by atoms with Gasteiger partial charge in [0.2, 0.25) is 5.75 Å². The number of benzene rings is 1. The van der Waals surface area contributed by atoms with Crippen molar-refractivity contribution in [3.05, 3.63) is 17.7 Å². The molecule has 1 aromatic rings. The minimum atomic E-state index is -0.210. The first kappa shape index (κ1) is 7.72. The fraction of sp³-hybridized carbons (Fsp3) is 0.250. The lowest BCUT2D eigenvalue weighted by molar-refractivity contribution is 0.350. The molecule has 0 fully saturated rings. The summed E-state index contributed by atoms with van der Waals surface area (Å²) in [6, 6.07) is 3.12. The fourth-order valence-corrected chi connectivity index (χ4v) is 0.883. The number of aromatic hydroxyl groups is 2. The molecule has 2 N–H and O–H groups in total. The number of phenolic OH excluding ortho intramolecular Hbond substituents is 2. The van der Waals surface area contributed by atoms with Gasteiger partial charge < -0.3 is 14.9 Å². The molecule has 0 radical (unpaired) electrons. The van der Waals surface area contributed by atoms with E-state index in [1.54, 1.807) is 6.07 Å². The maximum absolute atomic E-state index is 9.15. The summed E-state index contributed by atoms with van der Waals surface area (Å²) in [5.41, 5.74) is 0.845. The van der Waals surface area contributed by atoms with E-state index in [9.17, 15) is 0 Å². The van der Waals surface area contributed by atoms with Crippen LogP contribution in [0.5, 0.6) is 17.2 Å². The molecular formula is C8H10O3. The molecule has 0 aliphatic carbocycles. The molecular weight excluding hydrogens is 144 g/mol. The first-order chi connectivity index (χ1) is 5.15. The average molecular weight is 154 g/mol. The van der Waals surface area contributed by atoms with E-state index in [0.717, 1.165) is 5.56 Å². The summed E-state index contributed by atoms with van der Waals surface area (Å²) in [6.45, 7) is 1.81. The van der Waals surface area contributed by atoms with Gasteiger partial charge in [-0.2, -0.15) is 0 Å². The van der Waals surface area contributed by atoms with Crippen molar-refractivity contribution in [3.63, 3.8) is 0 Å². The molecule has 1 aromatic carbocycles. The second-order valence-corrected chi connectivity index (χ2v) is 2.33. The van der Waals surface area contributed by atoms with Crippen LogP contribution in [-0.2, 0) is 0 Å². The van der Waals surface area contributed by atoms with Crippen molar-refractivity contribution >= 4 is 0 Å². The summed E-state index contributed by atoms with van der Waals surface area (Å²) < 4.78 is 4.80. The number of rotatable bonds is 1. The molecule has 0 saturated heterocycles. The monoisotopic (exact) mass is 154 g/mol. The molecule has 0 saturated carbocycles. The van der Waals surface area contributed by atoms with Crippen LogP contribution in [0.15, 0.2) is 12.1 Å². The van der Waals surface area contributed by atoms with E-state index in [4.69, 9.17) is 14.9 Å². The Morgan fingerprint density at radius 3 is 2.45 bits per heavy atom. The number of ether oxygens (including phenoxy) is 1. The van der Waals surface area contributed by atoms with Crippen molar-refractivity contribution in [2.24, 2.45) is 0 Å². The lowest BCUT2D eigenvalue weighted by Crippen LogP contribution is -1.84. The van der Waals surface area contributed by atoms with Gasteiger partial charge in [-0.3, -0.25) is 0 Å². The van der Waals surface area contributed by atoms with Gasteiger partial charge in [-0.05, 0) is 24.6 Å². The maximum Gasteiger partial charge on any atom is 0.200 e. The molecule has 0 aliphatic heterocycles. The maximum atomic E-state index is 9.15. The van der Waals surface area contributed by atoms with Crippen LogP contribution in [0.4, 0.5) is 0 Å². The van der Waals surface area contributed by atoms with Gasteiger partial charge in [0.15, 0.2) is 11.5 Å². The zero-order valence-corrected chi connectivity index (χ0v) is 6.46. The Kier molecular flexibility index (Phi) is 1.89. The van der Waals surface area contributed by atoms with Crippen LogP contribution in [0.25, 0.3) is 0 Å². The van der Waals surface area contributed by atoms with E-state index < -0.39 is 0 Å². The van der Waals surface area contributed by atoms with E-state index in [-0.39, 0.29) is 11.5 Å². The van der Waals surface area contributed by atoms with Crippen LogP contribution in [0, 0.1) is 6.92 Å². The summed E-state index contributed by atoms with van der Waals surface area (Å²) in [5, 5.41) is 18.2. The van der Waals surface area contributed by atoms with E-state index in [1.165, 1.54) is 13.2 Å². The minimum absolute atomic E-state index is 0.151. The van der Waals surface area contributed by atoms with E-state index in [2.05, 4.69) is 0 Å². The highest BCUT2D eigenvalue weighted by molar-refractivity contribution is 5.51. The molecule has 0 atom stereocenters. The lowest BCUT2D eigenvalue weighted by Gasteiger charge is -2.05. The summed E-state index contributed by atoms with van der Waals surface area (Å²) in [5.74, 6) is -0.0672. The highest BCUT2D eigenvalue weighted by Gasteiger charge is 2.06. The Balaban J connectivity index is 3.24. The molecule has 0 heterocycles. The Bertz CT molecular complexity index is 268. The van der Waals surface area contributed by atoms with Crippen molar-refractivity contribution in [1.29, 1.82) is 0 Å². The molecule has 11 heavy (non-hydrogen) atoms. The number of methoxy groups -OCH3 is 1. The Morgan fingerprint density at radius 2 is 1.91 bits per heavy atom. The molecule has 1 rings (SSSR count). The molecule has 0 aliphatic rings. The van der Waals surface area contributed by atoms with Gasteiger partial charge in [-0.25, -0.2) is 0 Å². The lowest BCUT2D eigenvalue weighted by atomic mass is 10.2. The number of phenols is 2. The molecule has 0 bridgehead atoms. The third kappa shape index (κ3) is 1.37. The van der Waals surface area contributed by atoms with Crippen LogP contribution in [0.2, 0.25) is 0 Å². The Hall–Kier alpha value is -1.38. The first-order valence-corrected chi connectivity index (χ1v) is 3.21. The normalized spacial score (nSPS) is 9.64. The van der Waals surface area contributed by atoms with Gasteiger partial charge in [0.1, 0.15) is 0 Å². The summed E-state index contributed by atoms with van der Waals surface area (Å²) in [4.78, 5) is 0. The molecule has 0 aromatic heterocycles. The second kappa shape index (κ2) is 2.70. The summed E-state index contributed by atoms with van der Waals surface area (Å²) >= 11 is 0. The van der Waals surface area contributed by atoms with Gasteiger partial charge >= 0.3 is 0 Å². The van der Waals surface area contributed by atoms with Crippen LogP contribution in [0.1, 0.15) is 5.56 Å². The zero-order valence-electron chi connectivity index (χ0n) is 6.46. The molecule has 3 nitrogen and oxygen atoms in total. The minimum Gasteiger partial charge on any atom is -0.504 e. The molecule has 0 amide bonds. The standard InChI is InChI=1S/C8H10O3/c1-5-3-6(9)8(10)7(4-5)11-2/h3-4,9-10H,1-2H3. The fourth-order valence-electron chi connectivity index (χ4n) is 0.883. The molecule has 3 heteroatoms. The predicted octanol–water partition coefficient (Wildman–Crippen LogP) is 1.41. The molecule has 0 unspecified atom stereocenters. The predicted molar refractivity (Wildman–Crippen MR) is 41.1 cm³/mol. The summed E-state index contributed by atoms with van der Waals surface area (Å²) in [6.07, 6.45) is 0. The quantitative estimate of drug-likeness (QED) is 0.601. The molecule has 60 valence electrons. The van der Waals surface area contributed by atoms with Crippen LogP contribution < -0.4 is 4.74 Å². The van der Waals surface area contributed by atoms with Crippen LogP contribution in [-0.4, -0.2) is 17.3 Å². The van der Waals surface area contributed by atoms with Crippen molar-refractivity contribution in [1.82, 2.24) is 0 Å². The highest BCUT2D eigenvalue weighted by atomic mass is 16.5. The number of hydrogen-bond donors (Lipinski definition) is 2. The smallest absolute Gasteiger partial charge is 0.200 e.